The molecule has 0 aromatic heterocycles. The first-order chi connectivity index (χ1) is 6.74. The van der Waals surface area contributed by atoms with Gasteiger partial charge >= 0.3 is 0 Å². The highest BCUT2D eigenvalue weighted by atomic mass is 16.5. The van der Waals surface area contributed by atoms with Crippen LogP contribution in [0.2, 0.25) is 0 Å². The quantitative estimate of drug-likeness (QED) is 0.682. The lowest BCUT2D eigenvalue weighted by molar-refractivity contribution is 0.0932. The Hall–Kier alpha value is -1.51. The van der Waals surface area contributed by atoms with Crippen molar-refractivity contribution in [3.05, 3.63) is 23.3 Å². The summed E-state index contributed by atoms with van der Waals surface area (Å²) >= 11 is 0. The largest absolute Gasteiger partial charge is 0.496 e. The number of hydrogen-bond acceptors (Lipinski definition) is 3. The molecule has 0 spiro atoms. The zero-order valence-corrected chi connectivity index (χ0v) is 8.29. The second kappa shape index (κ2) is 3.33. The Bertz CT molecular complexity index is 382. The number of hydrogen-bond donors (Lipinski definition) is 0. The first-order valence-corrected chi connectivity index (χ1v) is 4.57. The molecule has 0 fully saturated rings. The van der Waals surface area contributed by atoms with Gasteiger partial charge in [0.25, 0.3) is 0 Å². The summed E-state index contributed by atoms with van der Waals surface area (Å²) in [7, 11) is 1.60. The Morgan fingerprint density at radius 1 is 1.43 bits per heavy atom. The molecule has 0 unspecified atom stereocenters. The van der Waals surface area contributed by atoms with E-state index >= 15 is 0 Å². The van der Waals surface area contributed by atoms with E-state index in [2.05, 4.69) is 0 Å². The smallest absolute Gasteiger partial charge is 0.170 e. The molecule has 0 amide bonds. The molecule has 0 saturated carbocycles. The fraction of sp³-hybridized carbons (Fsp3) is 0.364. The van der Waals surface area contributed by atoms with Crippen LogP contribution in [0.25, 0.3) is 0 Å². The maximum Gasteiger partial charge on any atom is 0.170 e. The van der Waals surface area contributed by atoms with Crippen LogP contribution < -0.4 is 9.47 Å². The number of ether oxygens (including phenoxy) is 2. The molecule has 0 N–H and O–H groups in total. The van der Waals surface area contributed by atoms with Gasteiger partial charge in [0, 0.05) is 12.0 Å². The zero-order valence-electron chi connectivity index (χ0n) is 8.29. The molecule has 3 heteroatoms. The van der Waals surface area contributed by atoms with Gasteiger partial charge in [-0.15, -0.1) is 0 Å². The van der Waals surface area contributed by atoms with Crippen molar-refractivity contribution in [3.63, 3.8) is 0 Å². The lowest BCUT2D eigenvalue weighted by Gasteiger charge is -2.19. The van der Waals surface area contributed by atoms with Crippen molar-refractivity contribution < 1.29 is 14.3 Å². The summed E-state index contributed by atoms with van der Waals surface area (Å²) in [6.45, 7) is 2.36. The number of carbonyl (C=O) groups is 1. The maximum atomic E-state index is 11.6. The van der Waals surface area contributed by atoms with Gasteiger partial charge in [-0.2, -0.15) is 0 Å². The van der Waals surface area contributed by atoms with E-state index in [9.17, 15) is 4.79 Å². The highest BCUT2D eigenvalue weighted by Crippen LogP contribution is 2.32. The third kappa shape index (κ3) is 1.25. The van der Waals surface area contributed by atoms with E-state index in [1.807, 2.05) is 13.0 Å². The van der Waals surface area contributed by atoms with E-state index in [0.29, 0.717) is 24.3 Å². The van der Waals surface area contributed by atoms with Crippen LogP contribution in [0, 0.1) is 6.92 Å². The molecule has 74 valence electrons. The Labute approximate surface area is 82.6 Å². The molecule has 1 aromatic carbocycles. The average Bonchev–Trinajstić information content (AvgIpc) is 2.18. The van der Waals surface area contributed by atoms with Crippen molar-refractivity contribution in [1.82, 2.24) is 0 Å². The van der Waals surface area contributed by atoms with Crippen LogP contribution in [0.5, 0.6) is 11.5 Å². The minimum atomic E-state index is 0.141. The Balaban J connectivity index is 2.60. The van der Waals surface area contributed by atoms with Gasteiger partial charge in [0.05, 0.1) is 19.3 Å². The maximum absolute atomic E-state index is 11.6. The lowest BCUT2D eigenvalue weighted by Crippen LogP contribution is -2.16. The minimum Gasteiger partial charge on any atom is -0.496 e. The molecule has 1 heterocycles. The Morgan fingerprint density at radius 2 is 2.21 bits per heavy atom. The zero-order chi connectivity index (χ0) is 10.1. The summed E-state index contributed by atoms with van der Waals surface area (Å²) in [5, 5.41) is 0. The van der Waals surface area contributed by atoms with Crippen LogP contribution >= 0.6 is 0 Å². The second-order valence-corrected chi connectivity index (χ2v) is 3.29. The molecule has 1 aliphatic heterocycles. The fourth-order valence-electron chi connectivity index (χ4n) is 1.73. The van der Waals surface area contributed by atoms with E-state index in [0.717, 1.165) is 11.3 Å². The van der Waals surface area contributed by atoms with Crippen LogP contribution in [0.4, 0.5) is 0 Å². The van der Waals surface area contributed by atoms with Crippen LogP contribution in [-0.2, 0) is 0 Å². The van der Waals surface area contributed by atoms with Gasteiger partial charge in [-0.05, 0) is 19.1 Å². The van der Waals surface area contributed by atoms with Crippen molar-refractivity contribution in [2.45, 2.75) is 13.3 Å². The number of benzene rings is 1. The monoisotopic (exact) mass is 192 g/mol. The van der Waals surface area contributed by atoms with Gasteiger partial charge in [0.2, 0.25) is 0 Å². The summed E-state index contributed by atoms with van der Waals surface area (Å²) in [6, 6.07) is 3.62. The molecule has 3 nitrogen and oxygen atoms in total. The molecule has 1 aromatic rings. The summed E-state index contributed by atoms with van der Waals surface area (Å²) in [6.07, 6.45) is 0.459. The lowest BCUT2D eigenvalue weighted by atomic mass is 9.99. The van der Waals surface area contributed by atoms with E-state index in [1.54, 1.807) is 13.2 Å². The topological polar surface area (TPSA) is 35.5 Å². The highest BCUT2D eigenvalue weighted by molar-refractivity contribution is 6.01. The third-order valence-corrected chi connectivity index (χ3v) is 2.46. The van der Waals surface area contributed by atoms with Gasteiger partial charge < -0.3 is 9.47 Å². The molecule has 0 bridgehead atoms. The summed E-state index contributed by atoms with van der Waals surface area (Å²) < 4.78 is 10.5. The molecule has 0 saturated heterocycles. The first-order valence-electron chi connectivity index (χ1n) is 4.57. The van der Waals surface area contributed by atoms with Crippen LogP contribution in [-0.4, -0.2) is 19.5 Å². The van der Waals surface area contributed by atoms with Crippen LogP contribution in [0.15, 0.2) is 12.1 Å². The fourth-order valence-corrected chi connectivity index (χ4v) is 1.73. The molecule has 0 aliphatic carbocycles. The van der Waals surface area contributed by atoms with Crippen molar-refractivity contribution >= 4 is 5.78 Å². The van der Waals surface area contributed by atoms with Gasteiger partial charge in [-0.1, -0.05) is 0 Å². The van der Waals surface area contributed by atoms with Crippen molar-refractivity contribution in [2.24, 2.45) is 0 Å². The third-order valence-electron chi connectivity index (χ3n) is 2.46. The summed E-state index contributed by atoms with van der Waals surface area (Å²) in [4.78, 5) is 11.6. The molecular formula is C11H12O3. The van der Waals surface area contributed by atoms with Gasteiger partial charge in [-0.3, -0.25) is 4.79 Å². The van der Waals surface area contributed by atoms with E-state index < -0.39 is 0 Å². The van der Waals surface area contributed by atoms with E-state index in [1.165, 1.54) is 0 Å². The van der Waals surface area contributed by atoms with Gasteiger partial charge in [-0.25, -0.2) is 0 Å². The number of methoxy groups -OCH3 is 1. The van der Waals surface area contributed by atoms with Gasteiger partial charge in [0.15, 0.2) is 5.78 Å². The van der Waals surface area contributed by atoms with E-state index in [-0.39, 0.29) is 5.78 Å². The molecule has 2 rings (SSSR count). The second-order valence-electron chi connectivity index (χ2n) is 3.29. The number of carbonyl (C=O) groups excluding carboxylic acids is 1. The molecule has 0 atom stereocenters. The Morgan fingerprint density at radius 3 is 2.93 bits per heavy atom. The number of Topliss-reactive ketones (excluding diaryl/α,β-unsaturated/α-hetero) is 1. The number of rotatable bonds is 1. The first kappa shape index (κ1) is 9.06. The highest BCUT2D eigenvalue weighted by Gasteiger charge is 2.22. The van der Waals surface area contributed by atoms with Crippen molar-refractivity contribution in [2.75, 3.05) is 13.7 Å². The SMILES string of the molecule is COc1ccc2c(c1C)C(=O)CCO2. The summed E-state index contributed by atoms with van der Waals surface area (Å²) in [5.74, 6) is 1.56. The van der Waals surface area contributed by atoms with Gasteiger partial charge in [0.1, 0.15) is 11.5 Å². The average molecular weight is 192 g/mol. The minimum absolute atomic E-state index is 0.141. The molecule has 0 radical (unpaired) electrons. The molecule has 1 aliphatic rings. The molecular weight excluding hydrogens is 180 g/mol. The standard InChI is InChI=1S/C11H12O3/c1-7-9(13-2)3-4-10-11(7)8(12)5-6-14-10/h3-4H,5-6H2,1-2H3. The number of fused-ring (bicyclic) bond motifs is 1. The van der Waals surface area contributed by atoms with Crippen molar-refractivity contribution in [3.8, 4) is 11.5 Å². The van der Waals surface area contributed by atoms with Crippen LogP contribution in [0.3, 0.4) is 0 Å². The normalized spacial score (nSPS) is 14.6. The van der Waals surface area contributed by atoms with E-state index in [4.69, 9.17) is 9.47 Å². The summed E-state index contributed by atoms with van der Waals surface area (Å²) in [5.41, 5.74) is 1.55. The predicted molar refractivity (Wildman–Crippen MR) is 52.2 cm³/mol. The van der Waals surface area contributed by atoms with Crippen molar-refractivity contribution in [1.29, 1.82) is 0 Å². The number of ketones is 1. The predicted octanol–water partition coefficient (Wildman–Crippen LogP) is 1.97. The molecule has 14 heavy (non-hydrogen) atoms. The Kier molecular flexibility index (Phi) is 2.15. The van der Waals surface area contributed by atoms with Crippen LogP contribution in [0.1, 0.15) is 22.3 Å².